The van der Waals surface area contributed by atoms with Gasteiger partial charge in [0.05, 0.1) is 36.9 Å². The lowest BCUT2D eigenvalue weighted by Crippen LogP contribution is -2.21. The molecule has 0 aliphatic carbocycles. The van der Waals surface area contributed by atoms with Crippen molar-refractivity contribution in [3.8, 4) is 0 Å². The van der Waals surface area contributed by atoms with Gasteiger partial charge in [0.1, 0.15) is 12.2 Å². The van der Waals surface area contributed by atoms with E-state index < -0.39 is 13.9 Å². The average molecular weight is 420 g/mol. The first kappa shape index (κ1) is 20.4. The van der Waals surface area contributed by atoms with E-state index in [4.69, 9.17) is 30.9 Å². The summed E-state index contributed by atoms with van der Waals surface area (Å²) in [5.41, 5.74) is 0.637. The fourth-order valence-corrected chi connectivity index (χ4v) is 3.48. The van der Waals surface area contributed by atoms with E-state index in [1.54, 1.807) is 10.9 Å². The van der Waals surface area contributed by atoms with Gasteiger partial charge in [0, 0.05) is 6.54 Å². The van der Waals surface area contributed by atoms with Gasteiger partial charge in [-0.25, -0.2) is 4.68 Å². The molecule has 0 aromatic carbocycles. The minimum atomic E-state index is -4.15. The predicted molar refractivity (Wildman–Crippen MR) is 99.9 cm³/mol. The number of rotatable bonds is 9. The van der Waals surface area contributed by atoms with Crippen molar-refractivity contribution in [1.82, 2.24) is 19.7 Å². The van der Waals surface area contributed by atoms with Crippen molar-refractivity contribution in [2.75, 3.05) is 24.8 Å². The SMILES string of the molecule is CCCNc1nc(Cl)nc2c1cnn2C[C@@H]1CC[C@@H](COCP(=O)(O)O)O1. The largest absolute Gasteiger partial charge is 0.371 e. The maximum absolute atomic E-state index is 10.8. The third-order valence-electron chi connectivity index (χ3n) is 4.15. The monoisotopic (exact) mass is 419 g/mol. The Kier molecular flexibility index (Phi) is 6.67. The molecule has 2 aromatic heterocycles. The molecule has 0 saturated carbocycles. The number of ether oxygens (including phenoxy) is 2. The molecule has 27 heavy (non-hydrogen) atoms. The predicted octanol–water partition coefficient (Wildman–Crippen LogP) is 2.00. The first-order valence-corrected chi connectivity index (χ1v) is 10.9. The van der Waals surface area contributed by atoms with Crippen LogP contribution in [0.5, 0.6) is 0 Å². The summed E-state index contributed by atoms with van der Waals surface area (Å²) in [7, 11) is -4.15. The van der Waals surface area contributed by atoms with Crippen molar-refractivity contribution < 1.29 is 23.8 Å². The molecule has 10 nitrogen and oxygen atoms in total. The van der Waals surface area contributed by atoms with E-state index in [9.17, 15) is 4.57 Å². The number of nitrogens with one attached hydrogen (secondary N) is 1. The summed E-state index contributed by atoms with van der Waals surface area (Å²) in [4.78, 5) is 26.2. The van der Waals surface area contributed by atoms with Gasteiger partial charge in [0.15, 0.2) is 5.65 Å². The van der Waals surface area contributed by atoms with E-state index >= 15 is 0 Å². The van der Waals surface area contributed by atoms with Crippen molar-refractivity contribution in [2.45, 2.75) is 44.9 Å². The highest BCUT2D eigenvalue weighted by molar-refractivity contribution is 7.51. The Balaban J connectivity index is 1.62. The van der Waals surface area contributed by atoms with Crippen LogP contribution in [-0.4, -0.2) is 61.2 Å². The third-order valence-corrected chi connectivity index (χ3v) is 4.83. The Morgan fingerprint density at radius 2 is 2.19 bits per heavy atom. The van der Waals surface area contributed by atoms with Crippen molar-refractivity contribution in [3.63, 3.8) is 0 Å². The first-order valence-electron chi connectivity index (χ1n) is 8.76. The molecule has 1 aliphatic heterocycles. The van der Waals surface area contributed by atoms with Gasteiger partial charge in [-0.1, -0.05) is 6.92 Å². The van der Waals surface area contributed by atoms with Gasteiger partial charge in [0.25, 0.3) is 0 Å². The summed E-state index contributed by atoms with van der Waals surface area (Å²) in [6, 6.07) is 0. The number of halogens is 1. The van der Waals surface area contributed by atoms with Crippen LogP contribution in [0.1, 0.15) is 26.2 Å². The van der Waals surface area contributed by atoms with Crippen LogP contribution in [0, 0.1) is 0 Å². The molecule has 3 N–H and O–H groups in total. The lowest BCUT2D eigenvalue weighted by Gasteiger charge is -2.15. The fourth-order valence-electron chi connectivity index (χ4n) is 2.97. The zero-order chi connectivity index (χ0) is 19.4. The molecule has 0 amide bonds. The van der Waals surface area contributed by atoms with Crippen molar-refractivity contribution >= 4 is 36.0 Å². The van der Waals surface area contributed by atoms with Gasteiger partial charge >= 0.3 is 7.60 Å². The lowest BCUT2D eigenvalue weighted by atomic mass is 10.2. The number of aromatic nitrogens is 4. The summed E-state index contributed by atoms with van der Waals surface area (Å²) < 4.78 is 23.5. The minimum absolute atomic E-state index is 0.0856. The maximum Gasteiger partial charge on any atom is 0.350 e. The Bertz CT molecular complexity index is 828. The second-order valence-corrected chi connectivity index (χ2v) is 8.38. The van der Waals surface area contributed by atoms with E-state index in [2.05, 4.69) is 27.3 Å². The minimum Gasteiger partial charge on any atom is -0.371 e. The molecule has 1 saturated heterocycles. The molecule has 1 fully saturated rings. The normalized spacial score (nSPS) is 20.4. The Hall–Kier alpha value is -1.29. The fraction of sp³-hybridized carbons (Fsp3) is 0.667. The molecule has 0 radical (unpaired) electrons. The summed E-state index contributed by atoms with van der Waals surface area (Å²) in [5, 5.41) is 8.57. The molecule has 2 atom stereocenters. The highest BCUT2D eigenvalue weighted by atomic mass is 35.5. The molecule has 0 spiro atoms. The Morgan fingerprint density at radius 3 is 2.93 bits per heavy atom. The smallest absolute Gasteiger partial charge is 0.350 e. The van der Waals surface area contributed by atoms with Gasteiger partial charge in [0.2, 0.25) is 5.28 Å². The van der Waals surface area contributed by atoms with E-state index in [1.807, 2.05) is 0 Å². The second-order valence-electron chi connectivity index (χ2n) is 6.45. The van der Waals surface area contributed by atoms with Crippen LogP contribution in [0.3, 0.4) is 0 Å². The molecule has 0 bridgehead atoms. The molecular weight excluding hydrogens is 397 g/mol. The van der Waals surface area contributed by atoms with Gasteiger partial charge in [-0.05, 0) is 30.9 Å². The van der Waals surface area contributed by atoms with Crippen LogP contribution in [0.4, 0.5) is 5.82 Å². The summed E-state index contributed by atoms with van der Waals surface area (Å²) in [6.45, 7) is 3.49. The standard InChI is InChI=1S/C15H23ClN5O5P/c1-2-5-17-13-12-6-18-21(14(12)20-15(16)19-13)7-10-3-4-11(26-10)8-25-9-27(22,23)24/h6,10-11H,2-5,7-9H2,1H3,(H,17,19,20)(H2,22,23,24)/t10-,11-/m0/s1. The van der Waals surface area contributed by atoms with Crippen molar-refractivity contribution in [1.29, 1.82) is 0 Å². The van der Waals surface area contributed by atoms with Crippen LogP contribution in [0.15, 0.2) is 6.20 Å². The number of anilines is 1. The Labute approximate surface area is 161 Å². The molecule has 3 heterocycles. The maximum atomic E-state index is 10.8. The van der Waals surface area contributed by atoms with Gasteiger partial charge in [-0.15, -0.1) is 0 Å². The molecule has 12 heteroatoms. The van der Waals surface area contributed by atoms with Crippen LogP contribution in [0.25, 0.3) is 11.0 Å². The van der Waals surface area contributed by atoms with Crippen LogP contribution < -0.4 is 5.32 Å². The van der Waals surface area contributed by atoms with E-state index in [-0.39, 0.29) is 24.1 Å². The molecule has 150 valence electrons. The average Bonchev–Trinajstić information content (AvgIpc) is 3.19. The summed E-state index contributed by atoms with van der Waals surface area (Å²) in [6.07, 6.45) is 3.35. The number of hydrogen-bond acceptors (Lipinski definition) is 7. The lowest BCUT2D eigenvalue weighted by molar-refractivity contribution is -0.0136. The zero-order valence-corrected chi connectivity index (χ0v) is 16.6. The van der Waals surface area contributed by atoms with Crippen LogP contribution in [0.2, 0.25) is 5.28 Å². The van der Waals surface area contributed by atoms with Gasteiger partial charge < -0.3 is 24.6 Å². The van der Waals surface area contributed by atoms with E-state index in [0.717, 1.165) is 31.2 Å². The second kappa shape index (κ2) is 8.81. The topological polar surface area (TPSA) is 132 Å². The van der Waals surface area contributed by atoms with E-state index in [1.165, 1.54) is 0 Å². The third kappa shape index (κ3) is 5.60. The number of hydrogen-bond donors (Lipinski definition) is 3. The van der Waals surface area contributed by atoms with E-state index in [0.29, 0.717) is 18.0 Å². The zero-order valence-electron chi connectivity index (χ0n) is 14.9. The molecule has 1 aliphatic rings. The molecule has 0 unspecified atom stereocenters. The summed E-state index contributed by atoms with van der Waals surface area (Å²) >= 11 is 6.05. The molecule has 2 aromatic rings. The number of fused-ring (bicyclic) bond motifs is 1. The van der Waals surface area contributed by atoms with Gasteiger partial charge in [-0.3, -0.25) is 4.57 Å². The summed E-state index contributed by atoms with van der Waals surface area (Å²) in [5.74, 6) is 0.661. The van der Waals surface area contributed by atoms with Crippen LogP contribution in [-0.2, 0) is 20.6 Å². The molecule has 3 rings (SSSR count). The first-order chi connectivity index (χ1) is 12.9. The molecular formula is C15H23ClN5O5P. The Morgan fingerprint density at radius 1 is 1.41 bits per heavy atom. The highest BCUT2D eigenvalue weighted by Gasteiger charge is 2.27. The quantitative estimate of drug-likeness (QED) is 0.412. The van der Waals surface area contributed by atoms with Crippen molar-refractivity contribution in [2.24, 2.45) is 0 Å². The number of nitrogens with zero attached hydrogens (tertiary/aromatic N) is 4. The van der Waals surface area contributed by atoms with Crippen molar-refractivity contribution in [3.05, 3.63) is 11.5 Å². The van der Waals surface area contributed by atoms with Gasteiger partial charge in [-0.2, -0.15) is 15.1 Å². The highest BCUT2D eigenvalue weighted by Crippen LogP contribution is 2.34. The van der Waals surface area contributed by atoms with Crippen LogP contribution >= 0.6 is 19.2 Å².